The molecule has 0 fully saturated rings. The predicted octanol–water partition coefficient (Wildman–Crippen LogP) is 2.29. The first-order valence-electron chi connectivity index (χ1n) is 5.73. The largest absolute Gasteiger partial charge is 0.372 e. The zero-order valence-electron chi connectivity index (χ0n) is 9.95. The highest BCUT2D eigenvalue weighted by molar-refractivity contribution is 6.07. The molecular formula is C14H8F3NO2. The fourth-order valence-corrected chi connectivity index (χ4v) is 2.32. The molecule has 1 aliphatic rings. The van der Waals surface area contributed by atoms with Gasteiger partial charge in [-0.05, 0) is 18.2 Å². The van der Waals surface area contributed by atoms with Gasteiger partial charge in [0.25, 0.3) is 5.91 Å². The van der Waals surface area contributed by atoms with Crippen molar-refractivity contribution in [3.05, 3.63) is 65.0 Å². The van der Waals surface area contributed by atoms with Gasteiger partial charge in [0.15, 0.2) is 23.1 Å². The molecule has 2 N–H and O–H groups in total. The average Bonchev–Trinajstić information content (AvgIpc) is 2.69. The van der Waals surface area contributed by atoms with E-state index in [0.29, 0.717) is 11.8 Å². The van der Waals surface area contributed by atoms with Gasteiger partial charge in [0.05, 0.1) is 0 Å². The lowest BCUT2D eigenvalue weighted by Crippen LogP contribution is -2.36. The van der Waals surface area contributed by atoms with Crippen molar-refractivity contribution in [2.75, 3.05) is 5.32 Å². The third kappa shape index (κ3) is 1.48. The number of halogens is 3. The molecule has 0 saturated heterocycles. The first-order valence-corrected chi connectivity index (χ1v) is 5.73. The molecule has 6 heteroatoms. The van der Waals surface area contributed by atoms with Crippen LogP contribution in [0, 0.1) is 17.5 Å². The van der Waals surface area contributed by atoms with Crippen LogP contribution in [0.3, 0.4) is 0 Å². The predicted molar refractivity (Wildman–Crippen MR) is 64.4 cm³/mol. The Morgan fingerprint density at radius 3 is 2.40 bits per heavy atom. The van der Waals surface area contributed by atoms with E-state index in [1.165, 1.54) is 12.1 Å². The van der Waals surface area contributed by atoms with Crippen molar-refractivity contribution in [1.82, 2.24) is 0 Å². The topological polar surface area (TPSA) is 49.3 Å². The summed E-state index contributed by atoms with van der Waals surface area (Å²) >= 11 is 0. The molecule has 1 amide bonds. The molecule has 1 unspecified atom stereocenters. The highest BCUT2D eigenvalue weighted by atomic mass is 19.2. The molecule has 2 aromatic carbocycles. The van der Waals surface area contributed by atoms with Crippen molar-refractivity contribution in [3.63, 3.8) is 0 Å². The minimum Gasteiger partial charge on any atom is -0.372 e. The number of hydrogen-bond donors (Lipinski definition) is 2. The zero-order chi connectivity index (χ0) is 14.5. The summed E-state index contributed by atoms with van der Waals surface area (Å²) in [6.45, 7) is 0. The van der Waals surface area contributed by atoms with Gasteiger partial charge in [-0.1, -0.05) is 18.2 Å². The van der Waals surface area contributed by atoms with E-state index in [1.54, 1.807) is 12.1 Å². The summed E-state index contributed by atoms with van der Waals surface area (Å²) in [5.74, 6) is -5.61. The van der Waals surface area contributed by atoms with Gasteiger partial charge in [-0.2, -0.15) is 0 Å². The second kappa shape index (κ2) is 4.08. The first kappa shape index (κ1) is 12.7. The van der Waals surface area contributed by atoms with E-state index in [4.69, 9.17) is 0 Å². The molecule has 0 saturated carbocycles. The standard InChI is InChI=1S/C14H8F3NO2/c15-9-6-5-8(11(16)12(9)17)14(20)7-3-1-2-4-10(7)18-13(14)19/h1-6,20H,(H,18,19). The Morgan fingerprint density at radius 2 is 1.65 bits per heavy atom. The zero-order valence-corrected chi connectivity index (χ0v) is 9.95. The van der Waals surface area contributed by atoms with E-state index in [1.807, 2.05) is 0 Å². The number of hydrogen-bond acceptors (Lipinski definition) is 2. The van der Waals surface area contributed by atoms with Crippen LogP contribution < -0.4 is 5.32 Å². The fourth-order valence-electron chi connectivity index (χ4n) is 2.32. The normalized spacial score (nSPS) is 20.7. The maximum absolute atomic E-state index is 13.9. The van der Waals surface area contributed by atoms with Crippen LogP contribution in [-0.4, -0.2) is 11.0 Å². The van der Waals surface area contributed by atoms with Crippen molar-refractivity contribution in [2.45, 2.75) is 5.60 Å². The van der Waals surface area contributed by atoms with Crippen LogP contribution in [0.25, 0.3) is 0 Å². The molecule has 1 heterocycles. The van der Waals surface area contributed by atoms with Gasteiger partial charge < -0.3 is 10.4 Å². The maximum atomic E-state index is 13.9. The van der Waals surface area contributed by atoms with E-state index in [0.717, 1.165) is 6.07 Å². The summed E-state index contributed by atoms with van der Waals surface area (Å²) in [4.78, 5) is 12.0. The Balaban J connectivity index is 2.29. The van der Waals surface area contributed by atoms with Crippen LogP contribution in [-0.2, 0) is 10.4 Å². The molecule has 0 aromatic heterocycles. The lowest BCUT2D eigenvalue weighted by Gasteiger charge is -2.22. The van der Waals surface area contributed by atoms with E-state index in [9.17, 15) is 23.1 Å². The summed E-state index contributed by atoms with van der Waals surface area (Å²) in [5, 5.41) is 12.9. The maximum Gasteiger partial charge on any atom is 0.265 e. The molecule has 1 aliphatic heterocycles. The molecule has 2 aromatic rings. The number of nitrogens with one attached hydrogen (secondary N) is 1. The van der Waals surface area contributed by atoms with E-state index in [2.05, 4.69) is 5.32 Å². The lowest BCUT2D eigenvalue weighted by molar-refractivity contribution is -0.129. The van der Waals surface area contributed by atoms with Crippen LogP contribution in [0.2, 0.25) is 0 Å². The van der Waals surface area contributed by atoms with E-state index < -0.39 is 34.5 Å². The Hall–Kier alpha value is -2.34. The van der Waals surface area contributed by atoms with Crippen molar-refractivity contribution >= 4 is 11.6 Å². The molecule has 102 valence electrons. The third-order valence-corrected chi connectivity index (χ3v) is 3.32. The number of fused-ring (bicyclic) bond motifs is 1. The quantitative estimate of drug-likeness (QED) is 0.787. The average molecular weight is 279 g/mol. The van der Waals surface area contributed by atoms with Crippen LogP contribution >= 0.6 is 0 Å². The van der Waals surface area contributed by atoms with E-state index >= 15 is 0 Å². The minimum absolute atomic E-state index is 0.0925. The Morgan fingerprint density at radius 1 is 0.950 bits per heavy atom. The van der Waals surface area contributed by atoms with E-state index in [-0.39, 0.29) is 5.56 Å². The number of carbonyl (C=O) groups excluding carboxylic acids is 1. The number of amides is 1. The van der Waals surface area contributed by atoms with Gasteiger partial charge in [0.2, 0.25) is 0 Å². The number of anilines is 1. The van der Waals surface area contributed by atoms with Gasteiger partial charge in [-0.25, -0.2) is 13.2 Å². The SMILES string of the molecule is O=C1Nc2ccccc2C1(O)c1ccc(F)c(F)c1F. The number of para-hydroxylation sites is 1. The molecule has 20 heavy (non-hydrogen) atoms. The highest BCUT2D eigenvalue weighted by Crippen LogP contribution is 2.41. The molecule has 3 rings (SSSR count). The monoisotopic (exact) mass is 279 g/mol. The van der Waals surface area contributed by atoms with Crippen molar-refractivity contribution < 1.29 is 23.1 Å². The van der Waals surface area contributed by atoms with Crippen LogP contribution in [0.1, 0.15) is 11.1 Å². The summed E-state index contributed by atoms with van der Waals surface area (Å²) in [6, 6.07) is 7.61. The number of aliphatic hydroxyl groups is 1. The van der Waals surface area contributed by atoms with Crippen LogP contribution in [0.5, 0.6) is 0 Å². The highest BCUT2D eigenvalue weighted by Gasteiger charge is 2.48. The number of rotatable bonds is 1. The van der Waals surface area contributed by atoms with Crippen molar-refractivity contribution in [1.29, 1.82) is 0 Å². The first-order chi connectivity index (χ1) is 9.46. The molecular weight excluding hydrogens is 271 g/mol. The second-order valence-corrected chi connectivity index (χ2v) is 4.43. The summed E-state index contributed by atoms with van der Waals surface area (Å²) < 4.78 is 40.2. The number of benzene rings is 2. The summed E-state index contributed by atoms with van der Waals surface area (Å²) in [7, 11) is 0. The number of carbonyl (C=O) groups is 1. The molecule has 0 aliphatic carbocycles. The molecule has 0 radical (unpaired) electrons. The third-order valence-electron chi connectivity index (χ3n) is 3.32. The van der Waals surface area contributed by atoms with Crippen LogP contribution in [0.4, 0.5) is 18.9 Å². The Bertz CT molecular complexity index is 732. The Kier molecular flexibility index (Phi) is 2.58. The Labute approximate surface area is 111 Å². The summed E-state index contributed by atoms with van der Waals surface area (Å²) in [5.41, 5.74) is -2.62. The van der Waals surface area contributed by atoms with Gasteiger partial charge in [-0.3, -0.25) is 4.79 Å². The fraction of sp³-hybridized carbons (Fsp3) is 0.0714. The lowest BCUT2D eigenvalue weighted by atomic mass is 9.87. The van der Waals surface area contributed by atoms with Crippen LogP contribution in [0.15, 0.2) is 36.4 Å². The van der Waals surface area contributed by atoms with Gasteiger partial charge in [0, 0.05) is 16.8 Å². The molecule has 0 bridgehead atoms. The second-order valence-electron chi connectivity index (χ2n) is 4.43. The molecule has 3 nitrogen and oxygen atoms in total. The molecule has 0 spiro atoms. The van der Waals surface area contributed by atoms with Gasteiger partial charge in [-0.15, -0.1) is 0 Å². The van der Waals surface area contributed by atoms with Crippen molar-refractivity contribution in [3.8, 4) is 0 Å². The van der Waals surface area contributed by atoms with Crippen molar-refractivity contribution in [2.24, 2.45) is 0 Å². The van der Waals surface area contributed by atoms with Gasteiger partial charge >= 0.3 is 0 Å². The smallest absolute Gasteiger partial charge is 0.265 e. The summed E-state index contributed by atoms with van der Waals surface area (Å²) in [6.07, 6.45) is 0. The minimum atomic E-state index is -2.38. The van der Waals surface area contributed by atoms with Gasteiger partial charge in [0.1, 0.15) is 0 Å². The molecule has 1 atom stereocenters.